The average Bonchev–Trinajstić information content (AvgIpc) is 2.35. The normalized spacial score (nSPS) is 19.5. The molecule has 0 bridgehead atoms. The number of benzene rings is 1. The lowest BCUT2D eigenvalue weighted by Crippen LogP contribution is -2.58. The highest BCUT2D eigenvalue weighted by Crippen LogP contribution is 2.23. The lowest BCUT2D eigenvalue weighted by molar-refractivity contribution is 0.0311. The van der Waals surface area contributed by atoms with E-state index < -0.39 is 0 Å². The first kappa shape index (κ1) is 14.2. The smallest absolute Gasteiger partial charge is 0.254 e. The fraction of sp³-hybridized carbons (Fsp3) is 0.500. The van der Waals surface area contributed by atoms with Gasteiger partial charge in [0.25, 0.3) is 5.91 Å². The van der Waals surface area contributed by atoms with Crippen LogP contribution in [-0.2, 0) is 0 Å². The number of nitrogens with two attached hydrogens (primary N) is 1. The third-order valence-corrected chi connectivity index (χ3v) is 4.18. The third kappa shape index (κ3) is 2.85. The number of hydrogen-bond acceptors (Lipinski definition) is 3. The van der Waals surface area contributed by atoms with E-state index in [4.69, 9.17) is 17.3 Å². The lowest BCUT2D eigenvalue weighted by Gasteiger charge is -2.45. The van der Waals surface area contributed by atoms with Gasteiger partial charge in [0.05, 0.1) is 10.7 Å². The van der Waals surface area contributed by atoms with Crippen molar-refractivity contribution in [2.24, 2.45) is 0 Å². The van der Waals surface area contributed by atoms with Gasteiger partial charge in [0, 0.05) is 30.7 Å². The maximum atomic E-state index is 12.5. The summed E-state index contributed by atoms with van der Waals surface area (Å²) in [5.74, 6) is 0.0167. The summed E-state index contributed by atoms with van der Waals surface area (Å²) in [5, 5.41) is 0.430. The van der Waals surface area contributed by atoms with E-state index in [1.54, 1.807) is 18.2 Å². The van der Waals surface area contributed by atoms with Gasteiger partial charge in [-0.2, -0.15) is 0 Å². The molecule has 4 nitrogen and oxygen atoms in total. The van der Waals surface area contributed by atoms with Crippen molar-refractivity contribution in [2.45, 2.75) is 19.4 Å². The van der Waals surface area contributed by atoms with Crippen molar-refractivity contribution in [1.29, 1.82) is 0 Å². The Balaban J connectivity index is 2.18. The number of hydrogen-bond donors (Lipinski definition) is 1. The van der Waals surface area contributed by atoms with Gasteiger partial charge in [0.2, 0.25) is 0 Å². The average molecular weight is 282 g/mol. The molecule has 104 valence electrons. The van der Waals surface area contributed by atoms with Crippen molar-refractivity contribution in [3.05, 3.63) is 28.8 Å². The summed E-state index contributed by atoms with van der Waals surface area (Å²) in [5.41, 5.74) is 6.75. The summed E-state index contributed by atoms with van der Waals surface area (Å²) in [4.78, 5) is 16.6. The van der Waals surface area contributed by atoms with E-state index in [2.05, 4.69) is 25.8 Å². The van der Waals surface area contributed by atoms with Crippen molar-refractivity contribution in [3.63, 3.8) is 0 Å². The summed E-state index contributed by atoms with van der Waals surface area (Å²) in [6.45, 7) is 6.61. The van der Waals surface area contributed by atoms with E-state index in [9.17, 15) is 4.79 Å². The molecule has 0 unspecified atom stereocenters. The highest BCUT2D eigenvalue weighted by Gasteiger charge is 2.33. The monoisotopic (exact) mass is 281 g/mol. The van der Waals surface area contributed by atoms with Gasteiger partial charge in [-0.3, -0.25) is 9.69 Å². The number of anilines is 1. The quantitative estimate of drug-likeness (QED) is 0.802. The molecule has 1 fully saturated rings. The molecule has 19 heavy (non-hydrogen) atoms. The minimum atomic E-state index is -0.00842. The third-order valence-electron chi connectivity index (χ3n) is 3.85. The van der Waals surface area contributed by atoms with Gasteiger partial charge < -0.3 is 10.6 Å². The molecule has 2 rings (SSSR count). The molecule has 5 heteroatoms. The van der Waals surface area contributed by atoms with Gasteiger partial charge in [-0.15, -0.1) is 0 Å². The molecule has 0 aromatic heterocycles. The van der Waals surface area contributed by atoms with Gasteiger partial charge in [0.1, 0.15) is 0 Å². The Morgan fingerprint density at radius 3 is 2.63 bits per heavy atom. The molecule has 0 spiro atoms. The summed E-state index contributed by atoms with van der Waals surface area (Å²) in [7, 11) is 2.09. The predicted octanol–water partition coefficient (Wildman–Crippen LogP) is 2.09. The van der Waals surface area contributed by atoms with Crippen LogP contribution in [-0.4, -0.2) is 47.9 Å². The molecular formula is C14H20ClN3O. The first-order valence-electron chi connectivity index (χ1n) is 6.37. The molecule has 1 saturated heterocycles. The number of nitrogens with zero attached hydrogens (tertiary/aromatic N) is 2. The number of halogens is 1. The summed E-state index contributed by atoms with van der Waals surface area (Å²) < 4.78 is 0. The van der Waals surface area contributed by atoms with E-state index in [0.29, 0.717) is 22.8 Å². The number of carbonyl (C=O) groups is 1. The van der Waals surface area contributed by atoms with Crippen LogP contribution in [0.25, 0.3) is 0 Å². The Kier molecular flexibility index (Phi) is 3.74. The molecule has 1 heterocycles. The second-order valence-corrected chi connectivity index (χ2v) is 6.10. The topological polar surface area (TPSA) is 49.6 Å². The van der Waals surface area contributed by atoms with Crippen LogP contribution in [0.2, 0.25) is 5.02 Å². The largest absolute Gasteiger partial charge is 0.398 e. The SMILES string of the molecule is CN1CCN(C(=O)c2ccc(N)c(Cl)c2)CC1(C)C. The van der Waals surface area contributed by atoms with Crippen molar-refractivity contribution in [2.75, 3.05) is 32.4 Å². The zero-order chi connectivity index (χ0) is 14.2. The number of amides is 1. The Hall–Kier alpha value is -1.26. The van der Waals surface area contributed by atoms with E-state index in [-0.39, 0.29) is 11.4 Å². The molecule has 1 aliphatic heterocycles. The second-order valence-electron chi connectivity index (χ2n) is 5.70. The summed E-state index contributed by atoms with van der Waals surface area (Å²) in [6, 6.07) is 5.05. The van der Waals surface area contributed by atoms with Crippen molar-refractivity contribution in [1.82, 2.24) is 9.80 Å². The van der Waals surface area contributed by atoms with Crippen LogP contribution < -0.4 is 5.73 Å². The van der Waals surface area contributed by atoms with E-state index in [1.165, 1.54) is 0 Å². The molecule has 1 aromatic rings. The summed E-state index contributed by atoms with van der Waals surface area (Å²) >= 11 is 5.97. The van der Waals surface area contributed by atoms with Crippen LogP contribution in [0.3, 0.4) is 0 Å². The van der Waals surface area contributed by atoms with Gasteiger partial charge in [-0.25, -0.2) is 0 Å². The number of rotatable bonds is 1. The van der Waals surface area contributed by atoms with Crippen molar-refractivity contribution in [3.8, 4) is 0 Å². The van der Waals surface area contributed by atoms with Crippen LogP contribution in [0.1, 0.15) is 24.2 Å². The van der Waals surface area contributed by atoms with Crippen LogP contribution in [0.15, 0.2) is 18.2 Å². The molecule has 0 atom stereocenters. The fourth-order valence-corrected chi connectivity index (χ4v) is 2.44. The Bertz CT molecular complexity index is 501. The fourth-order valence-electron chi connectivity index (χ4n) is 2.26. The molecule has 1 aliphatic rings. The minimum absolute atomic E-state index is 0.00842. The van der Waals surface area contributed by atoms with Gasteiger partial charge in [0.15, 0.2) is 0 Å². The van der Waals surface area contributed by atoms with E-state index >= 15 is 0 Å². The van der Waals surface area contributed by atoms with Gasteiger partial charge >= 0.3 is 0 Å². The van der Waals surface area contributed by atoms with Gasteiger partial charge in [-0.1, -0.05) is 11.6 Å². The maximum absolute atomic E-state index is 12.5. The Labute approximate surface area is 119 Å². The molecule has 1 amide bonds. The molecule has 1 aromatic carbocycles. The van der Waals surface area contributed by atoms with Crippen LogP contribution >= 0.6 is 11.6 Å². The first-order valence-corrected chi connectivity index (χ1v) is 6.74. The molecule has 2 N–H and O–H groups in total. The van der Waals surface area contributed by atoms with E-state index in [0.717, 1.165) is 13.1 Å². The molecule has 0 radical (unpaired) electrons. The van der Waals surface area contributed by atoms with Crippen molar-refractivity contribution < 1.29 is 4.79 Å². The second kappa shape index (κ2) is 5.02. The Morgan fingerprint density at radius 1 is 1.37 bits per heavy atom. The van der Waals surface area contributed by atoms with Gasteiger partial charge in [-0.05, 0) is 39.1 Å². The van der Waals surface area contributed by atoms with Crippen LogP contribution in [0, 0.1) is 0 Å². The highest BCUT2D eigenvalue weighted by atomic mass is 35.5. The number of carbonyl (C=O) groups excluding carboxylic acids is 1. The molecule has 0 saturated carbocycles. The van der Waals surface area contributed by atoms with Crippen molar-refractivity contribution >= 4 is 23.2 Å². The number of piperazine rings is 1. The molecular weight excluding hydrogens is 262 g/mol. The van der Waals surface area contributed by atoms with Crippen LogP contribution in [0.5, 0.6) is 0 Å². The minimum Gasteiger partial charge on any atom is -0.398 e. The number of nitrogen functional groups attached to an aromatic ring is 1. The first-order chi connectivity index (χ1) is 8.81. The standard InChI is InChI=1S/C14H20ClN3O/c1-14(2)9-18(7-6-17(14)3)13(19)10-4-5-12(16)11(15)8-10/h4-5,8H,6-7,9,16H2,1-3H3. The lowest BCUT2D eigenvalue weighted by atomic mass is 9.99. The number of likely N-dealkylation sites (N-methyl/N-ethyl adjacent to an activating group) is 1. The predicted molar refractivity (Wildman–Crippen MR) is 78.5 cm³/mol. The van der Waals surface area contributed by atoms with Crippen LogP contribution in [0.4, 0.5) is 5.69 Å². The van der Waals surface area contributed by atoms with E-state index in [1.807, 2.05) is 4.90 Å². The maximum Gasteiger partial charge on any atom is 0.254 e. The molecule has 0 aliphatic carbocycles. The highest BCUT2D eigenvalue weighted by molar-refractivity contribution is 6.33. The zero-order valence-corrected chi connectivity index (χ0v) is 12.4. The Morgan fingerprint density at radius 2 is 2.05 bits per heavy atom. The zero-order valence-electron chi connectivity index (χ0n) is 11.6. The summed E-state index contributed by atoms with van der Waals surface area (Å²) in [6.07, 6.45) is 0.